The van der Waals surface area contributed by atoms with Crippen LogP contribution in [0, 0.1) is 0 Å². The van der Waals surface area contributed by atoms with Gasteiger partial charge in [0.25, 0.3) is 0 Å². The smallest absolute Gasteiger partial charge is 0.309 e. The van der Waals surface area contributed by atoms with Crippen LogP contribution < -0.4 is 10.6 Å². The van der Waals surface area contributed by atoms with Crippen molar-refractivity contribution in [2.24, 2.45) is 0 Å². The van der Waals surface area contributed by atoms with Crippen molar-refractivity contribution in [2.75, 3.05) is 39.4 Å². The molecule has 0 bridgehead atoms. The topological polar surface area (TPSA) is 70.7 Å². The molecule has 2 rings (SSSR count). The summed E-state index contributed by atoms with van der Waals surface area (Å²) in [6, 6.07) is 9.38. The first-order valence-corrected chi connectivity index (χ1v) is 8.10. The minimum absolute atomic E-state index is 0.192. The van der Waals surface area contributed by atoms with Crippen LogP contribution in [-0.2, 0) is 14.3 Å². The van der Waals surface area contributed by atoms with Gasteiger partial charge in [0.15, 0.2) is 0 Å². The summed E-state index contributed by atoms with van der Waals surface area (Å²) in [5.41, 5.74) is 0.973. The number of rotatable bonds is 6. The lowest BCUT2D eigenvalue weighted by atomic mass is 10.1. The number of ether oxygens (including phenoxy) is 1. The number of morpholine rings is 1. The van der Waals surface area contributed by atoms with E-state index in [2.05, 4.69) is 15.5 Å². The molecule has 1 saturated heterocycles. The lowest BCUT2D eigenvalue weighted by molar-refractivity contribution is -0.139. The summed E-state index contributed by atoms with van der Waals surface area (Å²) in [5.74, 6) is -1.16. The highest BCUT2D eigenvalue weighted by molar-refractivity contribution is 6.35. The number of carbonyl (C=O) groups is 2. The summed E-state index contributed by atoms with van der Waals surface area (Å²) in [6.07, 6.45) is 0.827. The Bertz CT molecular complexity index is 501. The Kier molecular flexibility index (Phi) is 7.03. The van der Waals surface area contributed by atoms with E-state index >= 15 is 0 Å². The molecule has 1 aliphatic heterocycles. The van der Waals surface area contributed by atoms with Crippen LogP contribution in [0.3, 0.4) is 0 Å². The second kappa shape index (κ2) is 9.27. The third kappa shape index (κ3) is 6.00. The van der Waals surface area contributed by atoms with E-state index in [4.69, 9.17) is 4.74 Å². The van der Waals surface area contributed by atoms with Gasteiger partial charge >= 0.3 is 11.8 Å². The Hall–Kier alpha value is -1.92. The first-order chi connectivity index (χ1) is 11.2. The minimum Gasteiger partial charge on any atom is -0.379 e. The first-order valence-electron chi connectivity index (χ1n) is 8.10. The molecular formula is C17H25N3O3. The van der Waals surface area contributed by atoms with Crippen LogP contribution in [0.25, 0.3) is 0 Å². The summed E-state index contributed by atoms with van der Waals surface area (Å²) < 4.78 is 5.28. The summed E-state index contributed by atoms with van der Waals surface area (Å²) in [6.45, 7) is 6.68. The second-order valence-electron chi connectivity index (χ2n) is 5.67. The number of nitrogens with zero attached hydrogens (tertiary/aromatic N) is 1. The number of amides is 2. The molecule has 1 unspecified atom stereocenters. The van der Waals surface area contributed by atoms with Gasteiger partial charge in [0.05, 0.1) is 19.3 Å². The van der Waals surface area contributed by atoms with Gasteiger partial charge in [-0.25, -0.2) is 0 Å². The van der Waals surface area contributed by atoms with Crippen LogP contribution in [0.1, 0.15) is 24.9 Å². The van der Waals surface area contributed by atoms with E-state index < -0.39 is 11.8 Å². The number of benzene rings is 1. The van der Waals surface area contributed by atoms with Gasteiger partial charge < -0.3 is 15.4 Å². The molecular weight excluding hydrogens is 294 g/mol. The summed E-state index contributed by atoms with van der Waals surface area (Å²) in [7, 11) is 0. The lowest BCUT2D eigenvalue weighted by Crippen LogP contribution is -2.42. The van der Waals surface area contributed by atoms with Crippen LogP contribution in [0.4, 0.5) is 0 Å². The molecule has 2 amide bonds. The van der Waals surface area contributed by atoms with Crippen LogP contribution in [-0.4, -0.2) is 56.1 Å². The molecule has 126 valence electrons. The van der Waals surface area contributed by atoms with Crippen molar-refractivity contribution in [3.63, 3.8) is 0 Å². The van der Waals surface area contributed by atoms with E-state index in [-0.39, 0.29) is 6.04 Å². The van der Waals surface area contributed by atoms with Crippen molar-refractivity contribution in [3.8, 4) is 0 Å². The first kappa shape index (κ1) is 17.4. The third-order valence-corrected chi connectivity index (χ3v) is 3.89. The Morgan fingerprint density at radius 1 is 1.17 bits per heavy atom. The number of hydrogen-bond donors (Lipinski definition) is 2. The van der Waals surface area contributed by atoms with Gasteiger partial charge in [-0.3, -0.25) is 14.5 Å². The van der Waals surface area contributed by atoms with Gasteiger partial charge in [-0.15, -0.1) is 0 Å². The lowest BCUT2D eigenvalue weighted by Gasteiger charge is -2.26. The molecule has 6 heteroatoms. The molecule has 1 atom stereocenters. The highest BCUT2D eigenvalue weighted by atomic mass is 16.5. The highest BCUT2D eigenvalue weighted by Gasteiger charge is 2.16. The van der Waals surface area contributed by atoms with Crippen molar-refractivity contribution in [1.29, 1.82) is 0 Å². The molecule has 2 N–H and O–H groups in total. The molecule has 1 aliphatic rings. The molecule has 0 radical (unpaired) electrons. The highest BCUT2D eigenvalue weighted by Crippen LogP contribution is 2.10. The quantitative estimate of drug-likeness (QED) is 0.598. The molecule has 0 spiro atoms. The largest absolute Gasteiger partial charge is 0.379 e. The van der Waals surface area contributed by atoms with Crippen molar-refractivity contribution in [1.82, 2.24) is 15.5 Å². The Morgan fingerprint density at radius 2 is 1.87 bits per heavy atom. The number of carbonyl (C=O) groups excluding carboxylic acids is 2. The minimum atomic E-state index is -0.590. The van der Waals surface area contributed by atoms with Crippen molar-refractivity contribution >= 4 is 11.8 Å². The molecule has 0 aliphatic carbocycles. The van der Waals surface area contributed by atoms with E-state index in [1.165, 1.54) is 0 Å². The SMILES string of the molecule is CC(NC(=O)C(=O)NCCCN1CCOCC1)c1ccccc1. The maximum absolute atomic E-state index is 11.9. The van der Waals surface area contributed by atoms with E-state index in [0.29, 0.717) is 6.54 Å². The van der Waals surface area contributed by atoms with Crippen molar-refractivity contribution in [3.05, 3.63) is 35.9 Å². The molecule has 0 aromatic heterocycles. The maximum atomic E-state index is 11.9. The number of hydrogen-bond acceptors (Lipinski definition) is 4. The van der Waals surface area contributed by atoms with Crippen LogP contribution in [0.2, 0.25) is 0 Å². The van der Waals surface area contributed by atoms with Crippen molar-refractivity contribution in [2.45, 2.75) is 19.4 Å². The zero-order chi connectivity index (χ0) is 16.5. The average Bonchev–Trinajstić information content (AvgIpc) is 2.60. The number of nitrogens with one attached hydrogen (secondary N) is 2. The fourth-order valence-corrected chi connectivity index (χ4v) is 2.50. The predicted octanol–water partition coefficient (Wildman–Crippen LogP) is 0.702. The average molecular weight is 319 g/mol. The van der Waals surface area contributed by atoms with Crippen molar-refractivity contribution < 1.29 is 14.3 Å². The van der Waals surface area contributed by atoms with Gasteiger partial charge in [0.2, 0.25) is 0 Å². The van der Waals surface area contributed by atoms with E-state index in [0.717, 1.165) is 44.8 Å². The summed E-state index contributed by atoms with van der Waals surface area (Å²) in [5, 5.41) is 5.38. The third-order valence-electron chi connectivity index (χ3n) is 3.89. The van der Waals surface area contributed by atoms with Gasteiger partial charge in [-0.05, 0) is 25.5 Å². The molecule has 0 saturated carbocycles. The van der Waals surface area contributed by atoms with Crippen LogP contribution in [0.15, 0.2) is 30.3 Å². The van der Waals surface area contributed by atoms with Gasteiger partial charge in [-0.1, -0.05) is 30.3 Å². The Labute approximate surface area is 137 Å². The van der Waals surface area contributed by atoms with E-state index in [9.17, 15) is 9.59 Å². The van der Waals surface area contributed by atoms with Crippen LogP contribution >= 0.6 is 0 Å². The normalized spacial score (nSPS) is 16.6. The predicted molar refractivity (Wildman–Crippen MR) is 87.9 cm³/mol. The summed E-state index contributed by atoms with van der Waals surface area (Å²) >= 11 is 0. The molecule has 6 nitrogen and oxygen atoms in total. The Balaban J connectivity index is 1.63. The van der Waals surface area contributed by atoms with Gasteiger partial charge in [0.1, 0.15) is 0 Å². The van der Waals surface area contributed by atoms with Gasteiger partial charge in [0, 0.05) is 19.6 Å². The van der Waals surface area contributed by atoms with Crippen LogP contribution in [0.5, 0.6) is 0 Å². The molecule has 1 heterocycles. The standard InChI is InChI=1S/C17H25N3O3/c1-14(15-6-3-2-4-7-15)19-17(22)16(21)18-8-5-9-20-10-12-23-13-11-20/h2-4,6-7,14H,5,8-13H2,1H3,(H,18,21)(H,19,22). The zero-order valence-electron chi connectivity index (χ0n) is 13.6. The molecule has 1 aromatic carbocycles. The molecule has 1 aromatic rings. The fraction of sp³-hybridized carbons (Fsp3) is 0.529. The fourth-order valence-electron chi connectivity index (χ4n) is 2.50. The van der Waals surface area contributed by atoms with E-state index in [1.807, 2.05) is 37.3 Å². The zero-order valence-corrected chi connectivity index (χ0v) is 13.6. The van der Waals surface area contributed by atoms with E-state index in [1.54, 1.807) is 0 Å². The van der Waals surface area contributed by atoms with Gasteiger partial charge in [-0.2, -0.15) is 0 Å². The maximum Gasteiger partial charge on any atom is 0.309 e. The second-order valence-corrected chi connectivity index (χ2v) is 5.67. The molecule has 1 fully saturated rings. The monoisotopic (exact) mass is 319 g/mol. The Morgan fingerprint density at radius 3 is 2.57 bits per heavy atom. The molecule has 23 heavy (non-hydrogen) atoms. The summed E-state index contributed by atoms with van der Waals surface area (Å²) in [4.78, 5) is 26.0.